The maximum absolute atomic E-state index is 9.28. The van der Waals surface area contributed by atoms with Crippen molar-refractivity contribution in [2.45, 2.75) is 24.7 Å². The van der Waals surface area contributed by atoms with Gasteiger partial charge in [-0.1, -0.05) is 13.0 Å². The van der Waals surface area contributed by atoms with E-state index in [1.807, 2.05) is 18.2 Å². The fourth-order valence-electron chi connectivity index (χ4n) is 2.31. The van der Waals surface area contributed by atoms with E-state index in [0.717, 1.165) is 41.8 Å². The molecule has 1 N–H and O–H groups in total. The van der Waals surface area contributed by atoms with Crippen molar-refractivity contribution < 1.29 is 4.74 Å². The zero-order chi connectivity index (χ0) is 13.5. The Bertz CT molecular complexity index is 450. The molecule has 0 radical (unpaired) electrons. The number of thioether (sulfide) groups is 1. The molecule has 1 aliphatic rings. The Kier molecular flexibility index (Phi) is 5.56. The quantitative estimate of drug-likeness (QED) is 0.811. The van der Waals surface area contributed by atoms with E-state index in [1.165, 1.54) is 6.42 Å². The Labute approximate surface area is 119 Å². The summed E-state index contributed by atoms with van der Waals surface area (Å²) in [6, 6.07) is 8.11. The number of benzene rings is 1. The molecule has 1 aromatic rings. The van der Waals surface area contributed by atoms with Gasteiger partial charge in [-0.15, -0.1) is 11.8 Å². The maximum Gasteiger partial charge on any atom is 0.138 e. The van der Waals surface area contributed by atoms with Crippen LogP contribution >= 0.6 is 11.8 Å². The summed E-state index contributed by atoms with van der Waals surface area (Å²) < 4.78 is 5.81. The number of rotatable bonds is 6. The molecule has 19 heavy (non-hydrogen) atoms. The molecule has 1 fully saturated rings. The Morgan fingerprint density at radius 2 is 2.42 bits per heavy atom. The highest BCUT2D eigenvalue weighted by molar-refractivity contribution is 7.99. The highest BCUT2D eigenvalue weighted by Gasteiger charge is 2.15. The van der Waals surface area contributed by atoms with Crippen molar-refractivity contribution in [3.63, 3.8) is 0 Å². The fourth-order valence-corrected chi connectivity index (χ4v) is 3.09. The van der Waals surface area contributed by atoms with Crippen LogP contribution in [-0.4, -0.2) is 25.4 Å². The lowest BCUT2D eigenvalue weighted by Crippen LogP contribution is -2.12. The summed E-state index contributed by atoms with van der Waals surface area (Å²) in [5, 5.41) is 12.6. The topological polar surface area (TPSA) is 45.0 Å². The van der Waals surface area contributed by atoms with E-state index in [2.05, 4.69) is 18.3 Å². The minimum Gasteiger partial charge on any atom is -0.492 e. The number of ether oxygens (including phenoxy) is 1. The summed E-state index contributed by atoms with van der Waals surface area (Å²) in [4.78, 5) is 1.02. The van der Waals surface area contributed by atoms with E-state index in [0.29, 0.717) is 12.2 Å². The van der Waals surface area contributed by atoms with Gasteiger partial charge >= 0.3 is 0 Å². The first-order chi connectivity index (χ1) is 9.35. The van der Waals surface area contributed by atoms with Crippen molar-refractivity contribution in [3.05, 3.63) is 23.8 Å². The first kappa shape index (κ1) is 14.2. The number of hydrogen-bond donors (Lipinski definition) is 1. The van der Waals surface area contributed by atoms with E-state index in [9.17, 15) is 5.26 Å². The lowest BCUT2D eigenvalue weighted by Gasteiger charge is -2.12. The third-order valence-electron chi connectivity index (χ3n) is 3.35. The van der Waals surface area contributed by atoms with Gasteiger partial charge in [0.15, 0.2) is 0 Å². The van der Waals surface area contributed by atoms with Crippen LogP contribution in [-0.2, 0) is 0 Å². The van der Waals surface area contributed by atoms with Gasteiger partial charge in [-0.2, -0.15) is 5.26 Å². The lowest BCUT2D eigenvalue weighted by atomic mass is 10.1. The highest BCUT2D eigenvalue weighted by atomic mass is 32.2. The van der Waals surface area contributed by atoms with Crippen molar-refractivity contribution in [1.82, 2.24) is 5.32 Å². The molecule has 2 rings (SSSR count). The van der Waals surface area contributed by atoms with Gasteiger partial charge in [0.05, 0.1) is 6.61 Å². The Hall–Kier alpha value is -1.18. The minimum atomic E-state index is 0.680. The Morgan fingerprint density at radius 3 is 3.11 bits per heavy atom. The molecule has 1 atom stereocenters. The summed E-state index contributed by atoms with van der Waals surface area (Å²) in [7, 11) is 0. The molecule has 0 aliphatic carbocycles. The standard InChI is InChI=1S/C15H20N2OS/c1-2-19-15-5-3-4-14(13(15)10-16)18-9-7-12-6-8-17-11-12/h3-5,12,17H,2,6-9,11H2,1H3. The molecule has 1 aromatic carbocycles. The van der Waals surface area contributed by atoms with Gasteiger partial charge < -0.3 is 10.1 Å². The molecular weight excluding hydrogens is 256 g/mol. The van der Waals surface area contributed by atoms with E-state index in [-0.39, 0.29) is 0 Å². The highest BCUT2D eigenvalue weighted by Crippen LogP contribution is 2.29. The molecule has 0 amide bonds. The third kappa shape index (κ3) is 3.89. The molecule has 102 valence electrons. The monoisotopic (exact) mass is 276 g/mol. The number of nitriles is 1. The molecule has 1 saturated heterocycles. The predicted octanol–water partition coefficient (Wildman–Crippen LogP) is 3.05. The zero-order valence-corrected chi connectivity index (χ0v) is 12.1. The molecule has 1 heterocycles. The van der Waals surface area contributed by atoms with Crippen LogP contribution in [0.15, 0.2) is 23.1 Å². The van der Waals surface area contributed by atoms with Crippen molar-refractivity contribution >= 4 is 11.8 Å². The normalized spacial score (nSPS) is 18.2. The van der Waals surface area contributed by atoms with Gasteiger partial charge in [0.1, 0.15) is 17.4 Å². The van der Waals surface area contributed by atoms with Crippen LogP contribution in [0.2, 0.25) is 0 Å². The molecular formula is C15H20N2OS. The van der Waals surface area contributed by atoms with Crippen LogP contribution in [0.4, 0.5) is 0 Å². The SMILES string of the molecule is CCSc1cccc(OCCC2CCNC2)c1C#N. The average molecular weight is 276 g/mol. The van der Waals surface area contributed by atoms with Gasteiger partial charge in [-0.05, 0) is 49.7 Å². The van der Waals surface area contributed by atoms with Gasteiger partial charge in [0.2, 0.25) is 0 Å². The number of nitrogens with zero attached hydrogens (tertiary/aromatic N) is 1. The number of nitrogens with one attached hydrogen (secondary N) is 1. The van der Waals surface area contributed by atoms with Crippen LogP contribution in [0, 0.1) is 17.2 Å². The van der Waals surface area contributed by atoms with Crippen molar-refractivity contribution in [3.8, 4) is 11.8 Å². The van der Waals surface area contributed by atoms with E-state index >= 15 is 0 Å². The van der Waals surface area contributed by atoms with Crippen molar-refractivity contribution in [2.75, 3.05) is 25.4 Å². The molecule has 1 unspecified atom stereocenters. The third-order valence-corrected chi connectivity index (χ3v) is 4.29. The Balaban J connectivity index is 1.95. The van der Waals surface area contributed by atoms with Crippen molar-refractivity contribution in [2.24, 2.45) is 5.92 Å². The Morgan fingerprint density at radius 1 is 1.53 bits per heavy atom. The van der Waals surface area contributed by atoms with Crippen LogP contribution in [0.3, 0.4) is 0 Å². The predicted molar refractivity (Wildman–Crippen MR) is 78.6 cm³/mol. The molecule has 0 saturated carbocycles. The van der Waals surface area contributed by atoms with E-state index < -0.39 is 0 Å². The summed E-state index contributed by atoms with van der Waals surface area (Å²) in [6.45, 7) is 5.00. The smallest absolute Gasteiger partial charge is 0.138 e. The summed E-state index contributed by atoms with van der Waals surface area (Å²) in [5.41, 5.74) is 0.680. The first-order valence-corrected chi connectivity index (χ1v) is 7.83. The average Bonchev–Trinajstić information content (AvgIpc) is 2.93. The van der Waals surface area contributed by atoms with Gasteiger partial charge in [-0.25, -0.2) is 0 Å². The maximum atomic E-state index is 9.28. The zero-order valence-electron chi connectivity index (χ0n) is 11.3. The van der Waals surface area contributed by atoms with Crippen LogP contribution in [0.1, 0.15) is 25.3 Å². The molecule has 3 nitrogen and oxygen atoms in total. The largest absolute Gasteiger partial charge is 0.492 e. The molecule has 0 bridgehead atoms. The fraction of sp³-hybridized carbons (Fsp3) is 0.533. The summed E-state index contributed by atoms with van der Waals surface area (Å²) >= 11 is 1.69. The first-order valence-electron chi connectivity index (χ1n) is 6.84. The molecule has 0 aromatic heterocycles. The van der Waals surface area contributed by atoms with Crippen LogP contribution in [0.25, 0.3) is 0 Å². The second-order valence-electron chi connectivity index (χ2n) is 4.67. The van der Waals surface area contributed by atoms with E-state index in [4.69, 9.17) is 4.74 Å². The van der Waals surface area contributed by atoms with Crippen LogP contribution in [0.5, 0.6) is 5.75 Å². The second-order valence-corrected chi connectivity index (χ2v) is 5.98. The van der Waals surface area contributed by atoms with E-state index in [1.54, 1.807) is 11.8 Å². The molecule has 1 aliphatic heterocycles. The van der Waals surface area contributed by atoms with Crippen molar-refractivity contribution in [1.29, 1.82) is 5.26 Å². The molecule has 4 heteroatoms. The molecule has 0 spiro atoms. The minimum absolute atomic E-state index is 0.680. The number of hydrogen-bond acceptors (Lipinski definition) is 4. The summed E-state index contributed by atoms with van der Waals surface area (Å²) in [5.74, 6) is 2.41. The lowest BCUT2D eigenvalue weighted by molar-refractivity contribution is 0.282. The second kappa shape index (κ2) is 7.42. The van der Waals surface area contributed by atoms with Gasteiger partial charge in [0, 0.05) is 4.90 Å². The summed E-state index contributed by atoms with van der Waals surface area (Å²) in [6.07, 6.45) is 2.29. The van der Waals surface area contributed by atoms with Gasteiger partial charge in [-0.3, -0.25) is 0 Å². The van der Waals surface area contributed by atoms with Gasteiger partial charge in [0.25, 0.3) is 0 Å². The van der Waals surface area contributed by atoms with Crippen LogP contribution < -0.4 is 10.1 Å².